The molecule has 0 aliphatic heterocycles. The molecule has 0 atom stereocenters. The van der Waals surface area contributed by atoms with Gasteiger partial charge in [-0.15, -0.1) is 0 Å². The number of hydrogen-bond acceptors (Lipinski definition) is 3. The second-order valence-corrected chi connectivity index (χ2v) is 4.45. The van der Waals surface area contributed by atoms with Gasteiger partial charge in [-0.3, -0.25) is 9.48 Å². The molecule has 5 nitrogen and oxygen atoms in total. The van der Waals surface area contributed by atoms with Crippen LogP contribution in [0.25, 0.3) is 0 Å². The van der Waals surface area contributed by atoms with Gasteiger partial charge in [-0.1, -0.05) is 0 Å². The molecular formula is C11H17F3N4O. The van der Waals surface area contributed by atoms with Crippen LogP contribution in [0.15, 0.2) is 6.07 Å². The second-order valence-electron chi connectivity index (χ2n) is 4.45. The van der Waals surface area contributed by atoms with E-state index in [1.54, 1.807) is 0 Å². The summed E-state index contributed by atoms with van der Waals surface area (Å²) in [6.45, 7) is 1.20. The van der Waals surface area contributed by atoms with Gasteiger partial charge in [0.15, 0.2) is 5.69 Å². The minimum absolute atomic E-state index is 0.0998. The Bertz CT molecular complexity index is 440. The first-order chi connectivity index (χ1) is 8.71. The van der Waals surface area contributed by atoms with Gasteiger partial charge in [-0.25, -0.2) is 0 Å². The minimum atomic E-state index is -4.54. The Balaban J connectivity index is 2.60. The molecule has 8 heteroatoms. The lowest BCUT2D eigenvalue weighted by Gasteiger charge is -2.09. The van der Waals surface area contributed by atoms with Crippen LogP contribution in [0.5, 0.6) is 0 Å². The van der Waals surface area contributed by atoms with Crippen LogP contribution < -0.4 is 5.32 Å². The van der Waals surface area contributed by atoms with E-state index < -0.39 is 17.8 Å². The molecule has 1 N–H and O–H groups in total. The molecule has 0 radical (unpaired) electrons. The van der Waals surface area contributed by atoms with Crippen LogP contribution in [0.4, 0.5) is 13.2 Å². The van der Waals surface area contributed by atoms with E-state index in [4.69, 9.17) is 0 Å². The Kier molecular flexibility index (Phi) is 4.93. The highest BCUT2D eigenvalue weighted by Gasteiger charge is 2.35. The summed E-state index contributed by atoms with van der Waals surface area (Å²) >= 11 is 0. The molecule has 1 rings (SSSR count). The molecule has 0 unspecified atom stereocenters. The van der Waals surface area contributed by atoms with Crippen LogP contribution in [-0.4, -0.2) is 47.8 Å². The number of alkyl halides is 3. The summed E-state index contributed by atoms with van der Waals surface area (Å²) in [6, 6.07) is 0.751. The SMILES string of the molecule is CN(C)CCCNC(=O)c1cc(C(F)(F)F)nn1C. The number of rotatable bonds is 5. The first kappa shape index (κ1) is 15.5. The maximum absolute atomic E-state index is 12.4. The van der Waals surface area contributed by atoms with Crippen LogP contribution in [0.3, 0.4) is 0 Å². The van der Waals surface area contributed by atoms with Crippen LogP contribution in [0.2, 0.25) is 0 Å². The summed E-state index contributed by atoms with van der Waals surface area (Å²) in [5, 5.41) is 5.85. The summed E-state index contributed by atoms with van der Waals surface area (Å²) in [6.07, 6.45) is -3.82. The molecule has 0 saturated heterocycles. The van der Waals surface area contributed by atoms with E-state index in [9.17, 15) is 18.0 Å². The van der Waals surface area contributed by atoms with Gasteiger partial charge in [0.2, 0.25) is 0 Å². The van der Waals surface area contributed by atoms with Gasteiger partial charge in [0, 0.05) is 19.7 Å². The third-order valence-corrected chi connectivity index (χ3v) is 2.47. The highest BCUT2D eigenvalue weighted by atomic mass is 19.4. The summed E-state index contributed by atoms with van der Waals surface area (Å²) in [5.41, 5.74) is -1.16. The first-order valence-electron chi connectivity index (χ1n) is 5.76. The zero-order valence-corrected chi connectivity index (χ0v) is 11.1. The Labute approximate surface area is 109 Å². The zero-order valence-electron chi connectivity index (χ0n) is 11.1. The van der Waals surface area contributed by atoms with Crippen molar-refractivity contribution >= 4 is 5.91 Å². The van der Waals surface area contributed by atoms with E-state index in [1.807, 2.05) is 19.0 Å². The number of carbonyl (C=O) groups excluding carboxylic acids is 1. The van der Waals surface area contributed by atoms with Gasteiger partial charge < -0.3 is 10.2 Å². The number of halogens is 3. The van der Waals surface area contributed by atoms with Crippen molar-refractivity contribution in [3.8, 4) is 0 Å². The molecule has 0 saturated carbocycles. The minimum Gasteiger partial charge on any atom is -0.351 e. The molecule has 1 amide bonds. The van der Waals surface area contributed by atoms with Crippen molar-refractivity contribution < 1.29 is 18.0 Å². The second kappa shape index (κ2) is 6.05. The number of nitrogens with zero attached hydrogens (tertiary/aromatic N) is 3. The number of carbonyl (C=O) groups is 1. The van der Waals surface area contributed by atoms with Crippen molar-refractivity contribution in [2.24, 2.45) is 7.05 Å². The fourth-order valence-corrected chi connectivity index (χ4v) is 1.51. The molecule has 108 valence electrons. The Hall–Kier alpha value is -1.57. The normalized spacial score (nSPS) is 11.9. The fourth-order valence-electron chi connectivity index (χ4n) is 1.51. The average molecular weight is 278 g/mol. The van der Waals surface area contributed by atoms with Crippen LogP contribution in [-0.2, 0) is 13.2 Å². The maximum Gasteiger partial charge on any atom is 0.435 e. The van der Waals surface area contributed by atoms with E-state index >= 15 is 0 Å². The molecule has 1 aromatic rings. The van der Waals surface area contributed by atoms with Gasteiger partial charge in [0.25, 0.3) is 5.91 Å². The standard InChI is InChI=1S/C11H17F3N4O/c1-17(2)6-4-5-15-10(19)8-7-9(11(12,13)14)16-18(8)3/h7H,4-6H2,1-3H3,(H,15,19). The number of aryl methyl sites for hydroxylation is 1. The van der Waals surface area contributed by atoms with Crippen molar-refractivity contribution in [3.05, 3.63) is 17.5 Å². The fraction of sp³-hybridized carbons (Fsp3) is 0.636. The lowest BCUT2D eigenvalue weighted by molar-refractivity contribution is -0.141. The van der Waals surface area contributed by atoms with Crippen LogP contribution in [0.1, 0.15) is 22.6 Å². The van der Waals surface area contributed by atoms with E-state index in [-0.39, 0.29) is 5.69 Å². The molecule has 0 spiro atoms. The molecular weight excluding hydrogens is 261 g/mol. The number of aromatic nitrogens is 2. The number of amides is 1. The maximum atomic E-state index is 12.4. The molecule has 1 heterocycles. The first-order valence-corrected chi connectivity index (χ1v) is 5.76. The molecule has 0 aliphatic carbocycles. The predicted octanol–water partition coefficient (Wildman–Crippen LogP) is 1.12. The summed E-state index contributed by atoms with van der Waals surface area (Å²) in [4.78, 5) is 13.7. The van der Waals surface area contributed by atoms with E-state index in [1.165, 1.54) is 7.05 Å². The predicted molar refractivity (Wildman–Crippen MR) is 63.7 cm³/mol. The molecule has 1 aromatic heterocycles. The highest BCUT2D eigenvalue weighted by molar-refractivity contribution is 5.92. The average Bonchev–Trinajstić information content (AvgIpc) is 2.66. The van der Waals surface area contributed by atoms with E-state index in [2.05, 4.69) is 10.4 Å². The third-order valence-electron chi connectivity index (χ3n) is 2.47. The summed E-state index contributed by atoms with van der Waals surface area (Å²) < 4.78 is 38.2. The summed E-state index contributed by atoms with van der Waals surface area (Å²) in [5.74, 6) is -0.552. The topological polar surface area (TPSA) is 50.2 Å². The molecule has 19 heavy (non-hydrogen) atoms. The van der Waals surface area contributed by atoms with Gasteiger partial charge in [-0.05, 0) is 27.1 Å². The lowest BCUT2D eigenvalue weighted by Crippen LogP contribution is -2.28. The smallest absolute Gasteiger partial charge is 0.351 e. The van der Waals surface area contributed by atoms with Crippen molar-refractivity contribution in [2.45, 2.75) is 12.6 Å². The molecule has 0 fully saturated rings. The zero-order chi connectivity index (χ0) is 14.6. The Morgan fingerprint density at radius 2 is 2.11 bits per heavy atom. The van der Waals surface area contributed by atoms with E-state index in [0.29, 0.717) is 6.54 Å². The van der Waals surface area contributed by atoms with Crippen molar-refractivity contribution in [2.75, 3.05) is 27.2 Å². The van der Waals surface area contributed by atoms with Gasteiger partial charge >= 0.3 is 6.18 Å². The van der Waals surface area contributed by atoms with Gasteiger partial charge in [0.05, 0.1) is 0 Å². The monoisotopic (exact) mass is 278 g/mol. The Morgan fingerprint density at radius 3 is 2.58 bits per heavy atom. The van der Waals surface area contributed by atoms with Crippen molar-refractivity contribution in [1.82, 2.24) is 20.0 Å². The van der Waals surface area contributed by atoms with Gasteiger partial charge in [-0.2, -0.15) is 18.3 Å². The number of nitrogens with one attached hydrogen (secondary N) is 1. The lowest BCUT2D eigenvalue weighted by atomic mass is 10.3. The molecule has 0 aliphatic rings. The highest BCUT2D eigenvalue weighted by Crippen LogP contribution is 2.28. The van der Waals surface area contributed by atoms with Crippen LogP contribution >= 0.6 is 0 Å². The third kappa shape index (κ3) is 4.55. The quantitative estimate of drug-likeness (QED) is 0.821. The largest absolute Gasteiger partial charge is 0.435 e. The summed E-state index contributed by atoms with van der Waals surface area (Å²) in [7, 11) is 5.11. The number of hydrogen-bond donors (Lipinski definition) is 1. The van der Waals surface area contributed by atoms with Crippen molar-refractivity contribution in [1.29, 1.82) is 0 Å². The van der Waals surface area contributed by atoms with E-state index in [0.717, 1.165) is 23.7 Å². The molecule has 0 aromatic carbocycles. The Morgan fingerprint density at radius 1 is 1.47 bits per heavy atom. The van der Waals surface area contributed by atoms with Crippen LogP contribution in [0, 0.1) is 0 Å². The molecule has 0 bridgehead atoms. The van der Waals surface area contributed by atoms with Crippen molar-refractivity contribution in [3.63, 3.8) is 0 Å². The van der Waals surface area contributed by atoms with Gasteiger partial charge in [0.1, 0.15) is 5.69 Å².